The predicted molar refractivity (Wildman–Crippen MR) is 86.9 cm³/mol. The minimum absolute atomic E-state index is 0.101. The number of carbonyl (C=O) groups excluding carboxylic acids is 1. The van der Waals surface area contributed by atoms with E-state index in [1.807, 2.05) is 18.2 Å². The van der Waals surface area contributed by atoms with Crippen LogP contribution in [0.4, 0.5) is 0 Å². The van der Waals surface area contributed by atoms with Gasteiger partial charge in [0.1, 0.15) is 5.75 Å². The van der Waals surface area contributed by atoms with Crippen molar-refractivity contribution in [1.82, 2.24) is 9.62 Å². The van der Waals surface area contributed by atoms with E-state index in [-0.39, 0.29) is 12.0 Å². The molecule has 1 N–H and O–H groups in total. The molecule has 122 valence electrons. The van der Waals surface area contributed by atoms with Gasteiger partial charge in [-0.25, -0.2) is 12.7 Å². The summed E-state index contributed by atoms with van der Waals surface area (Å²) in [5.74, 6) is -0.641. The number of sulfonamides is 1. The van der Waals surface area contributed by atoms with Crippen molar-refractivity contribution in [3.63, 3.8) is 0 Å². The van der Waals surface area contributed by atoms with Crippen LogP contribution in [0, 0.1) is 5.92 Å². The Hall–Kier alpha value is -1.40. The molecule has 1 aliphatic carbocycles. The van der Waals surface area contributed by atoms with Crippen molar-refractivity contribution in [2.24, 2.45) is 5.92 Å². The lowest BCUT2D eigenvalue weighted by Crippen LogP contribution is -2.41. The molecule has 6 heteroatoms. The molecule has 0 radical (unpaired) electrons. The van der Waals surface area contributed by atoms with Gasteiger partial charge in [0.05, 0.1) is 6.04 Å². The molecule has 0 unspecified atom stereocenters. The van der Waals surface area contributed by atoms with Gasteiger partial charge < -0.3 is 5.32 Å². The molecule has 0 spiro atoms. The first-order chi connectivity index (χ1) is 10.4. The van der Waals surface area contributed by atoms with Gasteiger partial charge in [-0.3, -0.25) is 4.79 Å². The summed E-state index contributed by atoms with van der Waals surface area (Å²) in [6.45, 7) is 6.38. The Balaban J connectivity index is 2.07. The highest BCUT2D eigenvalue weighted by Crippen LogP contribution is 2.35. The van der Waals surface area contributed by atoms with Gasteiger partial charge in [0.25, 0.3) is 0 Å². The van der Waals surface area contributed by atoms with E-state index < -0.39 is 21.7 Å². The molecule has 0 saturated heterocycles. The van der Waals surface area contributed by atoms with Crippen LogP contribution in [0.25, 0.3) is 0 Å². The van der Waals surface area contributed by atoms with E-state index >= 15 is 0 Å². The highest BCUT2D eigenvalue weighted by atomic mass is 32.2. The Bertz CT molecular complexity index is 639. The number of hydrogen-bond donors (Lipinski definition) is 1. The standard InChI is InChI=1S/C16H24N2O3S/c1-4-18(5-2)22(20,21)11-15(19)17-16-12(3)10-13-8-6-7-9-14(13)16/h6-9,12,16H,4-5,10-11H2,1-3H3,(H,17,19)/t12-,16-/m1/s1. The third kappa shape index (κ3) is 3.50. The largest absolute Gasteiger partial charge is 0.348 e. The van der Waals surface area contributed by atoms with Crippen LogP contribution in [-0.2, 0) is 21.2 Å². The number of carbonyl (C=O) groups is 1. The van der Waals surface area contributed by atoms with Gasteiger partial charge in [0.15, 0.2) is 0 Å². The number of nitrogens with one attached hydrogen (secondary N) is 1. The first-order valence-corrected chi connectivity index (χ1v) is 9.35. The first kappa shape index (κ1) is 17.0. The SMILES string of the molecule is CCN(CC)S(=O)(=O)CC(=O)N[C@H]1c2ccccc2C[C@H]1C. The number of nitrogens with zero attached hydrogens (tertiary/aromatic N) is 1. The summed E-state index contributed by atoms with van der Waals surface area (Å²) in [7, 11) is -3.54. The molecule has 0 fully saturated rings. The van der Waals surface area contributed by atoms with E-state index in [1.54, 1.807) is 13.8 Å². The monoisotopic (exact) mass is 324 g/mol. The Kier molecular flexibility index (Phi) is 5.24. The molecule has 2 atom stereocenters. The molecule has 0 heterocycles. The van der Waals surface area contributed by atoms with Crippen molar-refractivity contribution in [3.05, 3.63) is 35.4 Å². The summed E-state index contributed by atoms with van der Waals surface area (Å²) in [6.07, 6.45) is 0.907. The number of hydrogen-bond acceptors (Lipinski definition) is 3. The molecule has 0 saturated carbocycles. The van der Waals surface area contributed by atoms with Crippen LogP contribution in [0.15, 0.2) is 24.3 Å². The Morgan fingerprint density at radius 1 is 1.27 bits per heavy atom. The van der Waals surface area contributed by atoms with Gasteiger partial charge in [-0.2, -0.15) is 0 Å². The van der Waals surface area contributed by atoms with Crippen LogP contribution in [0.2, 0.25) is 0 Å². The summed E-state index contributed by atoms with van der Waals surface area (Å²) in [5, 5.41) is 2.90. The number of amides is 1. The number of benzene rings is 1. The zero-order chi connectivity index (χ0) is 16.3. The summed E-state index contributed by atoms with van der Waals surface area (Å²) in [6, 6.07) is 7.90. The van der Waals surface area contributed by atoms with E-state index in [2.05, 4.69) is 18.3 Å². The highest BCUT2D eigenvalue weighted by Gasteiger charge is 2.31. The Morgan fingerprint density at radius 2 is 1.91 bits per heavy atom. The van der Waals surface area contributed by atoms with Crippen molar-refractivity contribution in [1.29, 1.82) is 0 Å². The van der Waals surface area contributed by atoms with Crippen molar-refractivity contribution in [2.45, 2.75) is 33.2 Å². The smallest absolute Gasteiger partial charge is 0.237 e. The topological polar surface area (TPSA) is 66.5 Å². The lowest BCUT2D eigenvalue weighted by atomic mass is 10.0. The second kappa shape index (κ2) is 6.79. The fourth-order valence-electron chi connectivity index (χ4n) is 3.10. The molecule has 2 rings (SSSR count). The molecule has 0 bridgehead atoms. The van der Waals surface area contributed by atoms with Gasteiger partial charge in [-0.05, 0) is 23.5 Å². The average molecular weight is 324 g/mol. The molecule has 22 heavy (non-hydrogen) atoms. The third-order valence-corrected chi connectivity index (χ3v) is 6.16. The van der Waals surface area contributed by atoms with Crippen LogP contribution in [0.3, 0.4) is 0 Å². The molecule has 0 aromatic heterocycles. The van der Waals surface area contributed by atoms with Gasteiger partial charge >= 0.3 is 0 Å². The quantitative estimate of drug-likeness (QED) is 0.866. The molecule has 1 amide bonds. The fraction of sp³-hybridized carbons (Fsp3) is 0.562. The maximum Gasteiger partial charge on any atom is 0.237 e. The maximum atomic E-state index is 12.2. The molecule has 1 aliphatic rings. The Labute approximate surface area is 132 Å². The summed E-state index contributed by atoms with van der Waals surface area (Å²) >= 11 is 0. The van der Waals surface area contributed by atoms with E-state index in [4.69, 9.17) is 0 Å². The summed E-state index contributed by atoms with van der Waals surface area (Å²) in [5.41, 5.74) is 2.33. The minimum atomic E-state index is -3.54. The van der Waals surface area contributed by atoms with Gasteiger partial charge in [-0.1, -0.05) is 45.0 Å². The zero-order valence-electron chi connectivity index (χ0n) is 13.4. The predicted octanol–water partition coefficient (Wildman–Crippen LogP) is 1.71. The first-order valence-electron chi connectivity index (χ1n) is 7.74. The van der Waals surface area contributed by atoms with E-state index in [0.717, 1.165) is 12.0 Å². The highest BCUT2D eigenvalue weighted by molar-refractivity contribution is 7.89. The van der Waals surface area contributed by atoms with Crippen LogP contribution in [0.1, 0.15) is 37.9 Å². The van der Waals surface area contributed by atoms with Crippen molar-refractivity contribution in [2.75, 3.05) is 18.8 Å². The second-order valence-electron chi connectivity index (χ2n) is 5.77. The van der Waals surface area contributed by atoms with Gasteiger partial charge in [0, 0.05) is 13.1 Å². The lowest BCUT2D eigenvalue weighted by molar-refractivity contribution is -0.119. The van der Waals surface area contributed by atoms with Crippen molar-refractivity contribution < 1.29 is 13.2 Å². The number of rotatable bonds is 6. The molecule has 5 nitrogen and oxygen atoms in total. The minimum Gasteiger partial charge on any atom is -0.348 e. The Morgan fingerprint density at radius 3 is 2.55 bits per heavy atom. The van der Waals surface area contributed by atoms with Gasteiger partial charge in [0.2, 0.25) is 15.9 Å². The molecule has 1 aromatic rings. The van der Waals surface area contributed by atoms with Crippen molar-refractivity contribution >= 4 is 15.9 Å². The molecular weight excluding hydrogens is 300 g/mol. The van der Waals surface area contributed by atoms with Gasteiger partial charge in [-0.15, -0.1) is 0 Å². The lowest BCUT2D eigenvalue weighted by Gasteiger charge is -2.21. The normalized spacial score (nSPS) is 20.9. The van der Waals surface area contributed by atoms with E-state index in [1.165, 1.54) is 9.87 Å². The fourth-order valence-corrected chi connectivity index (χ4v) is 4.49. The molecule has 1 aromatic carbocycles. The van der Waals surface area contributed by atoms with Crippen molar-refractivity contribution in [3.8, 4) is 0 Å². The third-order valence-electron chi connectivity index (χ3n) is 4.23. The van der Waals surface area contributed by atoms with Crippen LogP contribution >= 0.6 is 0 Å². The number of fused-ring (bicyclic) bond motifs is 1. The second-order valence-corrected chi connectivity index (χ2v) is 7.73. The van der Waals surface area contributed by atoms with Crippen LogP contribution in [0.5, 0.6) is 0 Å². The summed E-state index contributed by atoms with van der Waals surface area (Å²) in [4.78, 5) is 12.2. The van der Waals surface area contributed by atoms with E-state index in [9.17, 15) is 13.2 Å². The zero-order valence-corrected chi connectivity index (χ0v) is 14.2. The van der Waals surface area contributed by atoms with Crippen LogP contribution in [-0.4, -0.2) is 37.5 Å². The van der Waals surface area contributed by atoms with Crippen LogP contribution < -0.4 is 5.32 Å². The average Bonchev–Trinajstić information content (AvgIpc) is 2.75. The van der Waals surface area contributed by atoms with E-state index in [0.29, 0.717) is 13.1 Å². The molecule has 0 aliphatic heterocycles. The maximum absolute atomic E-state index is 12.2. The molecular formula is C16H24N2O3S. The summed E-state index contributed by atoms with van der Waals surface area (Å²) < 4.78 is 25.7.